The lowest BCUT2D eigenvalue weighted by molar-refractivity contribution is -0.383. The van der Waals surface area contributed by atoms with Crippen molar-refractivity contribution in [3.8, 4) is 0 Å². The fourth-order valence-corrected chi connectivity index (χ4v) is 2.99. The van der Waals surface area contributed by atoms with E-state index in [9.17, 15) is 10.1 Å². The predicted molar refractivity (Wildman–Crippen MR) is 80.8 cm³/mol. The SMILES string of the molecule is CCC1CCCCCN1c1cccc(NN)c1[N+](=O)[O-]. The summed E-state index contributed by atoms with van der Waals surface area (Å²) < 4.78 is 0. The van der Waals surface area contributed by atoms with E-state index in [-0.39, 0.29) is 10.6 Å². The van der Waals surface area contributed by atoms with Crippen molar-refractivity contribution in [2.24, 2.45) is 5.84 Å². The van der Waals surface area contributed by atoms with Gasteiger partial charge in [0.05, 0.1) is 4.92 Å². The third kappa shape index (κ3) is 2.85. The number of hydrogen-bond acceptors (Lipinski definition) is 5. The summed E-state index contributed by atoms with van der Waals surface area (Å²) in [6, 6.07) is 5.65. The van der Waals surface area contributed by atoms with E-state index in [4.69, 9.17) is 5.84 Å². The summed E-state index contributed by atoms with van der Waals surface area (Å²) in [6.07, 6.45) is 5.55. The Labute approximate surface area is 119 Å². The van der Waals surface area contributed by atoms with Crippen LogP contribution in [0.15, 0.2) is 18.2 Å². The largest absolute Gasteiger partial charge is 0.363 e. The van der Waals surface area contributed by atoms with Crippen molar-refractivity contribution in [2.75, 3.05) is 16.9 Å². The molecule has 0 aromatic heterocycles. The van der Waals surface area contributed by atoms with Crippen molar-refractivity contribution < 1.29 is 4.92 Å². The summed E-state index contributed by atoms with van der Waals surface area (Å²) in [7, 11) is 0. The first-order valence-corrected chi connectivity index (χ1v) is 7.19. The molecular weight excluding hydrogens is 256 g/mol. The highest BCUT2D eigenvalue weighted by Gasteiger charge is 2.28. The number of nitro benzene ring substituents is 1. The average Bonchev–Trinajstić information content (AvgIpc) is 2.71. The molecule has 0 spiro atoms. The highest BCUT2D eigenvalue weighted by atomic mass is 16.6. The quantitative estimate of drug-likeness (QED) is 0.502. The molecule has 2 rings (SSSR count). The minimum atomic E-state index is -0.345. The van der Waals surface area contributed by atoms with E-state index in [1.165, 1.54) is 12.8 Å². The number of hydrazine groups is 1. The van der Waals surface area contributed by atoms with Gasteiger partial charge in [0.15, 0.2) is 0 Å². The first-order chi connectivity index (χ1) is 9.69. The summed E-state index contributed by atoms with van der Waals surface area (Å²) in [6.45, 7) is 3.01. The number of nitrogens with zero attached hydrogens (tertiary/aromatic N) is 2. The van der Waals surface area contributed by atoms with Crippen molar-refractivity contribution in [2.45, 2.75) is 45.1 Å². The smallest absolute Gasteiger partial charge is 0.316 e. The standard InChI is InChI=1S/C14H22N4O2/c1-2-11-7-4-3-5-10-17(11)13-9-6-8-12(16-15)14(13)18(19)20/h6,8-9,11,16H,2-5,7,10,15H2,1H3. The van der Waals surface area contributed by atoms with Crippen LogP contribution in [0.25, 0.3) is 0 Å². The maximum absolute atomic E-state index is 11.4. The molecule has 110 valence electrons. The second kappa shape index (κ2) is 6.56. The molecule has 1 heterocycles. The Hall–Kier alpha value is -1.82. The molecule has 1 aromatic carbocycles. The van der Waals surface area contributed by atoms with Gasteiger partial charge in [-0.3, -0.25) is 16.0 Å². The predicted octanol–water partition coefficient (Wildman–Crippen LogP) is 3.04. The molecule has 1 saturated heterocycles. The minimum absolute atomic E-state index is 0.0790. The third-order valence-electron chi connectivity index (χ3n) is 4.01. The second-order valence-electron chi connectivity index (χ2n) is 5.18. The molecule has 1 aliphatic rings. The summed E-state index contributed by atoms with van der Waals surface area (Å²) >= 11 is 0. The molecule has 3 N–H and O–H groups in total. The van der Waals surface area contributed by atoms with Crippen LogP contribution in [0, 0.1) is 10.1 Å². The van der Waals surface area contributed by atoms with Crippen LogP contribution in [-0.4, -0.2) is 17.5 Å². The van der Waals surface area contributed by atoms with Crippen molar-refractivity contribution in [3.05, 3.63) is 28.3 Å². The Morgan fingerprint density at radius 3 is 2.90 bits per heavy atom. The highest BCUT2D eigenvalue weighted by Crippen LogP contribution is 2.38. The van der Waals surface area contributed by atoms with Crippen LogP contribution in [0.4, 0.5) is 17.1 Å². The normalized spacial score (nSPS) is 19.5. The molecule has 0 amide bonds. The van der Waals surface area contributed by atoms with Crippen molar-refractivity contribution in [1.82, 2.24) is 0 Å². The van der Waals surface area contributed by atoms with Gasteiger partial charge in [-0.25, -0.2) is 0 Å². The third-order valence-corrected chi connectivity index (χ3v) is 4.01. The van der Waals surface area contributed by atoms with Gasteiger partial charge in [0.1, 0.15) is 11.4 Å². The number of rotatable bonds is 4. The van der Waals surface area contributed by atoms with Crippen molar-refractivity contribution >= 4 is 17.1 Å². The summed E-state index contributed by atoms with van der Waals surface area (Å²) in [5.74, 6) is 5.41. The van der Waals surface area contributed by atoms with Gasteiger partial charge in [-0.2, -0.15) is 0 Å². The Balaban J connectivity index is 2.46. The average molecular weight is 278 g/mol. The molecular formula is C14H22N4O2. The van der Waals surface area contributed by atoms with E-state index in [0.29, 0.717) is 17.4 Å². The molecule has 20 heavy (non-hydrogen) atoms. The number of nitrogens with two attached hydrogens (primary N) is 1. The van der Waals surface area contributed by atoms with Crippen LogP contribution in [0.5, 0.6) is 0 Å². The van der Waals surface area contributed by atoms with Crippen LogP contribution >= 0.6 is 0 Å². The lowest BCUT2D eigenvalue weighted by atomic mass is 10.1. The van der Waals surface area contributed by atoms with Gasteiger partial charge in [0.2, 0.25) is 0 Å². The molecule has 0 bridgehead atoms. The Kier molecular flexibility index (Phi) is 4.79. The first kappa shape index (κ1) is 14.6. The van der Waals surface area contributed by atoms with E-state index in [2.05, 4.69) is 17.2 Å². The van der Waals surface area contributed by atoms with Crippen LogP contribution < -0.4 is 16.2 Å². The fraction of sp³-hybridized carbons (Fsp3) is 0.571. The Morgan fingerprint density at radius 2 is 2.25 bits per heavy atom. The molecule has 1 atom stereocenters. The van der Waals surface area contributed by atoms with Gasteiger partial charge in [-0.05, 0) is 31.4 Å². The van der Waals surface area contributed by atoms with Gasteiger partial charge in [0.25, 0.3) is 0 Å². The zero-order valence-corrected chi connectivity index (χ0v) is 11.8. The molecule has 6 heteroatoms. The lowest BCUT2D eigenvalue weighted by Crippen LogP contribution is -2.35. The highest BCUT2D eigenvalue weighted by molar-refractivity contribution is 5.77. The minimum Gasteiger partial charge on any atom is -0.363 e. The van der Waals surface area contributed by atoms with Gasteiger partial charge >= 0.3 is 5.69 Å². The number of hydrogen-bond donors (Lipinski definition) is 2. The van der Waals surface area contributed by atoms with E-state index >= 15 is 0 Å². The van der Waals surface area contributed by atoms with Gasteiger partial charge in [0, 0.05) is 12.6 Å². The van der Waals surface area contributed by atoms with E-state index < -0.39 is 0 Å². The van der Waals surface area contributed by atoms with E-state index in [1.807, 2.05) is 12.1 Å². The van der Waals surface area contributed by atoms with E-state index in [1.54, 1.807) is 6.07 Å². The van der Waals surface area contributed by atoms with E-state index in [0.717, 1.165) is 25.8 Å². The zero-order valence-electron chi connectivity index (χ0n) is 11.8. The molecule has 0 saturated carbocycles. The number of anilines is 2. The van der Waals surface area contributed by atoms with Crippen LogP contribution in [0.2, 0.25) is 0 Å². The number of para-hydroxylation sites is 1. The summed E-state index contributed by atoms with van der Waals surface area (Å²) in [5.41, 5.74) is 3.56. The number of nitrogens with one attached hydrogen (secondary N) is 1. The fourth-order valence-electron chi connectivity index (χ4n) is 2.99. The van der Waals surface area contributed by atoms with Crippen molar-refractivity contribution in [1.29, 1.82) is 0 Å². The monoisotopic (exact) mass is 278 g/mol. The topological polar surface area (TPSA) is 84.4 Å². The molecule has 1 aromatic rings. The molecule has 6 nitrogen and oxygen atoms in total. The molecule has 0 aliphatic carbocycles. The van der Waals surface area contributed by atoms with Gasteiger partial charge in [-0.1, -0.05) is 25.8 Å². The Bertz CT molecular complexity index is 478. The van der Waals surface area contributed by atoms with Crippen LogP contribution in [0.3, 0.4) is 0 Å². The number of benzene rings is 1. The van der Waals surface area contributed by atoms with Crippen LogP contribution in [-0.2, 0) is 0 Å². The molecule has 0 radical (unpaired) electrons. The van der Waals surface area contributed by atoms with Crippen molar-refractivity contribution in [3.63, 3.8) is 0 Å². The molecule has 1 aliphatic heterocycles. The summed E-state index contributed by atoms with van der Waals surface area (Å²) in [5, 5.41) is 11.4. The molecule has 1 unspecified atom stereocenters. The number of nitro groups is 1. The summed E-state index contributed by atoms with van der Waals surface area (Å²) in [4.78, 5) is 13.2. The first-order valence-electron chi connectivity index (χ1n) is 7.19. The zero-order chi connectivity index (χ0) is 14.5. The second-order valence-corrected chi connectivity index (χ2v) is 5.18. The Morgan fingerprint density at radius 1 is 1.45 bits per heavy atom. The number of nitrogen functional groups attached to an aromatic ring is 1. The lowest BCUT2D eigenvalue weighted by Gasteiger charge is -2.31. The van der Waals surface area contributed by atoms with Crippen LogP contribution in [0.1, 0.15) is 39.0 Å². The molecule has 1 fully saturated rings. The maximum atomic E-state index is 11.4. The van der Waals surface area contributed by atoms with Gasteiger partial charge < -0.3 is 10.3 Å². The maximum Gasteiger partial charge on any atom is 0.316 e. The van der Waals surface area contributed by atoms with Gasteiger partial charge in [-0.15, -0.1) is 0 Å².